The molecule has 1 aliphatic heterocycles. The molecule has 1 heterocycles. The third kappa shape index (κ3) is 3.61. The first-order chi connectivity index (χ1) is 9.39. The van der Waals surface area contributed by atoms with Crippen LogP contribution in [0.4, 0.5) is 0 Å². The van der Waals surface area contributed by atoms with Crippen LogP contribution in [0.5, 0.6) is 11.5 Å². The Morgan fingerprint density at radius 1 is 1.40 bits per heavy atom. The number of carbonyl (C=O) groups excluding carboxylic acids is 1. The van der Waals surface area contributed by atoms with Crippen LogP contribution in [0.3, 0.4) is 0 Å². The summed E-state index contributed by atoms with van der Waals surface area (Å²) in [7, 11) is -2.22. The van der Waals surface area contributed by atoms with E-state index in [0.29, 0.717) is 17.1 Å². The van der Waals surface area contributed by atoms with Crippen LogP contribution >= 0.6 is 0 Å². The first kappa shape index (κ1) is 14.6. The number of rotatable bonds is 5. The fourth-order valence-corrected chi connectivity index (χ4v) is 2.60. The Hall–Kier alpha value is -1.80. The van der Waals surface area contributed by atoms with Gasteiger partial charge < -0.3 is 14.2 Å². The lowest BCUT2D eigenvalue weighted by Crippen LogP contribution is -2.29. The molecule has 2 rings (SSSR count). The summed E-state index contributed by atoms with van der Waals surface area (Å²) in [5, 5.41) is 0. The van der Waals surface area contributed by atoms with Crippen molar-refractivity contribution < 1.29 is 27.4 Å². The molecule has 0 aromatic heterocycles. The standard InChI is InChI=1S/C12H15NO6S/c1-17-12(14)6-9(13-20(2,15)16)8-3-4-10-11(5-8)19-7-18-10/h3-5,9,13H,6-7H2,1-2H3. The monoisotopic (exact) mass is 301 g/mol. The van der Waals surface area contributed by atoms with Crippen molar-refractivity contribution in [2.24, 2.45) is 0 Å². The van der Waals surface area contributed by atoms with Crippen molar-refractivity contribution in [3.8, 4) is 11.5 Å². The van der Waals surface area contributed by atoms with Crippen LogP contribution in [0.15, 0.2) is 18.2 Å². The molecule has 1 aliphatic rings. The van der Waals surface area contributed by atoms with Gasteiger partial charge in [0.05, 0.1) is 25.8 Å². The van der Waals surface area contributed by atoms with E-state index in [4.69, 9.17) is 9.47 Å². The Kier molecular flexibility index (Phi) is 4.15. The van der Waals surface area contributed by atoms with Gasteiger partial charge in [-0.05, 0) is 17.7 Å². The Labute approximate surface area is 116 Å². The van der Waals surface area contributed by atoms with Gasteiger partial charge in [-0.3, -0.25) is 4.79 Å². The summed E-state index contributed by atoms with van der Waals surface area (Å²) in [6, 6.07) is 4.28. The van der Waals surface area contributed by atoms with Crippen molar-refractivity contribution >= 4 is 16.0 Å². The number of sulfonamides is 1. The highest BCUT2D eigenvalue weighted by Gasteiger charge is 2.23. The molecule has 1 aromatic carbocycles. The van der Waals surface area contributed by atoms with Gasteiger partial charge in [-0.25, -0.2) is 13.1 Å². The quantitative estimate of drug-likeness (QED) is 0.800. The van der Waals surface area contributed by atoms with Crippen molar-refractivity contribution in [1.82, 2.24) is 4.72 Å². The summed E-state index contributed by atoms with van der Waals surface area (Å²) in [6.07, 6.45) is 0.924. The first-order valence-electron chi connectivity index (χ1n) is 5.82. The summed E-state index contributed by atoms with van der Waals surface area (Å²) in [5.41, 5.74) is 0.602. The number of benzene rings is 1. The van der Waals surface area contributed by atoms with E-state index in [1.165, 1.54) is 7.11 Å². The summed E-state index contributed by atoms with van der Waals surface area (Å²) in [5.74, 6) is 0.599. The molecule has 0 amide bonds. The van der Waals surface area contributed by atoms with Crippen molar-refractivity contribution in [3.63, 3.8) is 0 Å². The smallest absolute Gasteiger partial charge is 0.307 e. The third-order valence-electron chi connectivity index (χ3n) is 2.75. The highest BCUT2D eigenvalue weighted by Crippen LogP contribution is 2.35. The Morgan fingerprint density at radius 3 is 2.75 bits per heavy atom. The van der Waals surface area contributed by atoms with E-state index in [1.54, 1.807) is 18.2 Å². The zero-order chi connectivity index (χ0) is 14.8. The normalized spacial score (nSPS) is 14.9. The molecular formula is C12H15NO6S. The zero-order valence-electron chi connectivity index (χ0n) is 11.1. The van der Waals surface area contributed by atoms with E-state index < -0.39 is 22.0 Å². The minimum Gasteiger partial charge on any atom is -0.469 e. The van der Waals surface area contributed by atoms with E-state index in [-0.39, 0.29) is 13.2 Å². The molecule has 0 aliphatic carbocycles. The van der Waals surface area contributed by atoms with Crippen molar-refractivity contribution in [3.05, 3.63) is 23.8 Å². The SMILES string of the molecule is COC(=O)CC(NS(C)(=O)=O)c1ccc2c(c1)OCO2. The summed E-state index contributed by atoms with van der Waals surface area (Å²) >= 11 is 0. The Bertz CT molecular complexity index is 612. The maximum absolute atomic E-state index is 11.4. The fourth-order valence-electron chi connectivity index (χ4n) is 1.87. The highest BCUT2D eigenvalue weighted by atomic mass is 32.2. The lowest BCUT2D eigenvalue weighted by Gasteiger charge is -2.17. The van der Waals surface area contributed by atoms with Gasteiger partial charge in [-0.2, -0.15) is 0 Å². The molecule has 1 aromatic rings. The number of ether oxygens (including phenoxy) is 3. The minimum absolute atomic E-state index is 0.108. The molecule has 1 N–H and O–H groups in total. The molecular weight excluding hydrogens is 286 g/mol. The van der Waals surface area contributed by atoms with Crippen molar-refractivity contribution in [1.29, 1.82) is 0 Å². The number of nitrogens with one attached hydrogen (secondary N) is 1. The van der Waals surface area contributed by atoms with Gasteiger partial charge in [0.1, 0.15) is 0 Å². The summed E-state index contributed by atoms with van der Waals surface area (Å²) in [4.78, 5) is 11.4. The second-order valence-electron chi connectivity index (χ2n) is 4.34. The Morgan fingerprint density at radius 2 is 2.10 bits per heavy atom. The molecule has 20 heavy (non-hydrogen) atoms. The molecule has 0 saturated carbocycles. The van der Waals surface area contributed by atoms with E-state index in [1.807, 2.05) is 0 Å². The molecule has 0 saturated heterocycles. The third-order valence-corrected chi connectivity index (χ3v) is 3.47. The van der Waals surface area contributed by atoms with E-state index in [2.05, 4.69) is 9.46 Å². The maximum Gasteiger partial charge on any atom is 0.307 e. The number of carbonyl (C=O) groups is 1. The second-order valence-corrected chi connectivity index (χ2v) is 6.12. The van der Waals surface area contributed by atoms with Gasteiger partial charge in [-0.1, -0.05) is 6.07 Å². The molecule has 1 atom stereocenters. The van der Waals surface area contributed by atoms with Crippen molar-refractivity contribution in [2.75, 3.05) is 20.2 Å². The predicted molar refractivity (Wildman–Crippen MR) is 69.9 cm³/mol. The molecule has 0 fully saturated rings. The first-order valence-corrected chi connectivity index (χ1v) is 7.72. The lowest BCUT2D eigenvalue weighted by atomic mass is 10.0. The largest absolute Gasteiger partial charge is 0.469 e. The van der Waals surface area contributed by atoms with E-state index in [0.717, 1.165) is 6.26 Å². The van der Waals surface area contributed by atoms with Gasteiger partial charge in [0.15, 0.2) is 11.5 Å². The van der Waals surface area contributed by atoms with Crippen molar-refractivity contribution in [2.45, 2.75) is 12.5 Å². The Balaban J connectivity index is 2.27. The van der Waals surface area contributed by atoms with E-state index in [9.17, 15) is 13.2 Å². The lowest BCUT2D eigenvalue weighted by molar-refractivity contribution is -0.141. The van der Waals surface area contributed by atoms with Crippen LogP contribution in [0.1, 0.15) is 18.0 Å². The molecule has 8 heteroatoms. The molecule has 0 bridgehead atoms. The summed E-state index contributed by atoms with van der Waals surface area (Å²) < 4.78 is 40.2. The van der Waals surface area contributed by atoms with Crippen LogP contribution in [0.2, 0.25) is 0 Å². The minimum atomic E-state index is -3.47. The van der Waals surface area contributed by atoms with Gasteiger partial charge in [0, 0.05) is 0 Å². The van der Waals surface area contributed by atoms with Crippen LogP contribution in [-0.2, 0) is 19.6 Å². The van der Waals surface area contributed by atoms with Gasteiger partial charge in [-0.15, -0.1) is 0 Å². The topological polar surface area (TPSA) is 90.9 Å². The second kappa shape index (κ2) is 5.68. The van der Waals surface area contributed by atoms with Gasteiger partial charge in [0.2, 0.25) is 16.8 Å². The highest BCUT2D eigenvalue weighted by molar-refractivity contribution is 7.88. The number of fused-ring (bicyclic) bond motifs is 1. The maximum atomic E-state index is 11.4. The molecule has 1 unspecified atom stereocenters. The number of methoxy groups -OCH3 is 1. The average molecular weight is 301 g/mol. The number of hydrogen-bond acceptors (Lipinski definition) is 6. The number of esters is 1. The summed E-state index contributed by atoms with van der Waals surface area (Å²) in [6.45, 7) is 0.125. The molecule has 7 nitrogen and oxygen atoms in total. The zero-order valence-corrected chi connectivity index (χ0v) is 11.9. The predicted octanol–water partition coefficient (Wildman–Crippen LogP) is 0.569. The van der Waals surface area contributed by atoms with Crippen LogP contribution in [0, 0.1) is 0 Å². The van der Waals surface area contributed by atoms with Crippen LogP contribution in [-0.4, -0.2) is 34.5 Å². The van der Waals surface area contributed by atoms with Crippen LogP contribution < -0.4 is 14.2 Å². The number of hydrogen-bond donors (Lipinski definition) is 1. The molecule has 110 valence electrons. The molecule has 0 spiro atoms. The van der Waals surface area contributed by atoms with Gasteiger partial charge >= 0.3 is 5.97 Å². The van der Waals surface area contributed by atoms with E-state index >= 15 is 0 Å². The average Bonchev–Trinajstić information content (AvgIpc) is 2.83. The van der Waals surface area contributed by atoms with Gasteiger partial charge in [0.25, 0.3) is 0 Å². The van der Waals surface area contributed by atoms with Crippen LogP contribution in [0.25, 0.3) is 0 Å². The molecule has 0 radical (unpaired) electrons. The fraction of sp³-hybridized carbons (Fsp3) is 0.417.